The zero-order chi connectivity index (χ0) is 19.3. The highest BCUT2D eigenvalue weighted by atomic mass is 79.9. The zero-order valence-corrected chi connectivity index (χ0v) is 14.8. The highest BCUT2D eigenvalue weighted by molar-refractivity contribution is 9.10. The van der Waals surface area contributed by atoms with Gasteiger partial charge in [-0.3, -0.25) is 4.79 Å². The summed E-state index contributed by atoms with van der Waals surface area (Å²) in [6.45, 7) is -0.375. The Morgan fingerprint density at radius 3 is 2.42 bits per heavy atom. The van der Waals surface area contributed by atoms with Crippen LogP contribution < -0.4 is 10.1 Å². The number of alkyl halides is 3. The van der Waals surface area contributed by atoms with Crippen molar-refractivity contribution in [2.75, 3.05) is 13.2 Å². The van der Waals surface area contributed by atoms with E-state index in [2.05, 4.69) is 21.2 Å². The quantitative estimate of drug-likeness (QED) is 0.678. The van der Waals surface area contributed by atoms with Crippen LogP contribution in [0.1, 0.15) is 15.9 Å². The Morgan fingerprint density at radius 2 is 1.85 bits per heavy atom. The van der Waals surface area contributed by atoms with Crippen LogP contribution >= 0.6 is 15.9 Å². The molecule has 0 aliphatic heterocycles. The summed E-state index contributed by atoms with van der Waals surface area (Å²) in [5, 5.41) is 12.3. The number of carbonyl (C=O) groups excluding carboxylic acids is 1. The lowest BCUT2D eigenvalue weighted by atomic mass is 10.2. The summed E-state index contributed by atoms with van der Waals surface area (Å²) in [4.78, 5) is 12.0. The van der Waals surface area contributed by atoms with E-state index in [1.165, 1.54) is 6.07 Å². The first-order chi connectivity index (χ1) is 12.2. The van der Waals surface area contributed by atoms with Gasteiger partial charge in [0.2, 0.25) is 0 Å². The molecule has 2 aromatic rings. The molecule has 1 atom stereocenters. The van der Waals surface area contributed by atoms with Gasteiger partial charge in [-0.2, -0.15) is 13.2 Å². The second-order valence-electron chi connectivity index (χ2n) is 5.32. The fourth-order valence-corrected chi connectivity index (χ4v) is 2.50. The summed E-state index contributed by atoms with van der Waals surface area (Å²) in [6, 6.07) is 7.58. The van der Waals surface area contributed by atoms with Crippen LogP contribution in [0.5, 0.6) is 5.75 Å². The summed E-state index contributed by atoms with van der Waals surface area (Å²) >= 11 is 3.07. The molecule has 4 nitrogen and oxygen atoms in total. The minimum atomic E-state index is -4.43. The van der Waals surface area contributed by atoms with Crippen LogP contribution in [-0.4, -0.2) is 30.3 Å². The maximum atomic E-state index is 13.0. The summed E-state index contributed by atoms with van der Waals surface area (Å²) in [5.41, 5.74) is -0.607. The van der Waals surface area contributed by atoms with Gasteiger partial charge in [0, 0.05) is 11.0 Å². The highest BCUT2D eigenvalue weighted by Crippen LogP contribution is 2.30. The maximum absolute atomic E-state index is 13.0. The van der Waals surface area contributed by atoms with Gasteiger partial charge in [0.15, 0.2) is 0 Å². The lowest BCUT2D eigenvalue weighted by Gasteiger charge is -2.14. The van der Waals surface area contributed by atoms with Crippen LogP contribution in [0.3, 0.4) is 0 Å². The Labute approximate surface area is 154 Å². The molecule has 2 N–H and O–H groups in total. The molecule has 0 spiro atoms. The lowest BCUT2D eigenvalue weighted by molar-refractivity contribution is -0.137. The first kappa shape index (κ1) is 20.2. The van der Waals surface area contributed by atoms with Crippen LogP contribution in [0.4, 0.5) is 17.6 Å². The second-order valence-corrected chi connectivity index (χ2v) is 6.18. The second kappa shape index (κ2) is 8.50. The van der Waals surface area contributed by atoms with Crippen molar-refractivity contribution < 1.29 is 32.2 Å². The Kier molecular flexibility index (Phi) is 6.60. The molecule has 0 fully saturated rings. The van der Waals surface area contributed by atoms with E-state index >= 15 is 0 Å². The number of nitrogens with one attached hydrogen (secondary N) is 1. The van der Waals surface area contributed by atoms with Crippen LogP contribution in [0.25, 0.3) is 0 Å². The zero-order valence-electron chi connectivity index (χ0n) is 13.2. The predicted molar refractivity (Wildman–Crippen MR) is 89.4 cm³/mol. The van der Waals surface area contributed by atoms with Gasteiger partial charge in [-0.15, -0.1) is 0 Å². The van der Waals surface area contributed by atoms with Crippen LogP contribution in [0.15, 0.2) is 46.9 Å². The molecule has 2 aromatic carbocycles. The molecule has 0 radical (unpaired) electrons. The number of hydrogen-bond acceptors (Lipinski definition) is 3. The van der Waals surface area contributed by atoms with Crippen molar-refractivity contribution in [2.24, 2.45) is 0 Å². The average Bonchev–Trinajstić information content (AvgIpc) is 2.57. The number of benzene rings is 2. The van der Waals surface area contributed by atoms with Gasteiger partial charge in [0.05, 0.1) is 11.1 Å². The molecular formula is C17H14BrF4NO3. The molecule has 0 saturated carbocycles. The number of rotatable bonds is 6. The van der Waals surface area contributed by atoms with E-state index in [4.69, 9.17) is 4.74 Å². The number of carbonyl (C=O) groups is 1. The SMILES string of the molecule is O=C(NCC(O)COc1ccc(C(F)(F)F)cc1)c1ccc(F)cc1Br. The molecule has 0 aromatic heterocycles. The maximum Gasteiger partial charge on any atom is 0.416 e. The van der Waals surface area contributed by atoms with Gasteiger partial charge in [-0.25, -0.2) is 4.39 Å². The van der Waals surface area contributed by atoms with Gasteiger partial charge >= 0.3 is 6.18 Å². The monoisotopic (exact) mass is 435 g/mol. The molecule has 2 rings (SSSR count). The molecule has 26 heavy (non-hydrogen) atoms. The topological polar surface area (TPSA) is 58.6 Å². The van der Waals surface area contributed by atoms with Gasteiger partial charge < -0.3 is 15.2 Å². The molecule has 140 valence electrons. The summed E-state index contributed by atoms with van der Waals surface area (Å²) in [6.07, 6.45) is -5.52. The largest absolute Gasteiger partial charge is 0.491 e. The molecule has 1 unspecified atom stereocenters. The van der Waals surface area contributed by atoms with E-state index < -0.39 is 29.6 Å². The molecular weight excluding hydrogens is 422 g/mol. The number of amides is 1. The van der Waals surface area contributed by atoms with E-state index in [0.29, 0.717) is 0 Å². The van der Waals surface area contributed by atoms with Crippen molar-refractivity contribution in [1.29, 1.82) is 0 Å². The minimum Gasteiger partial charge on any atom is -0.491 e. The molecule has 1 amide bonds. The predicted octanol–water partition coefficient (Wildman–Crippen LogP) is 3.78. The fraction of sp³-hybridized carbons (Fsp3) is 0.235. The lowest BCUT2D eigenvalue weighted by Crippen LogP contribution is -2.35. The Hall–Kier alpha value is -2.13. The van der Waals surface area contributed by atoms with Gasteiger partial charge in [-0.05, 0) is 58.4 Å². The molecule has 0 bridgehead atoms. The Bertz CT molecular complexity index is 766. The van der Waals surface area contributed by atoms with Crippen molar-refractivity contribution in [3.63, 3.8) is 0 Å². The van der Waals surface area contributed by atoms with Gasteiger partial charge in [0.25, 0.3) is 5.91 Å². The number of aliphatic hydroxyl groups excluding tert-OH is 1. The normalized spacial score (nSPS) is 12.5. The summed E-state index contributed by atoms with van der Waals surface area (Å²) in [7, 11) is 0. The molecule has 0 heterocycles. The van der Waals surface area contributed by atoms with Crippen LogP contribution in [0.2, 0.25) is 0 Å². The third kappa shape index (κ3) is 5.70. The number of aliphatic hydroxyl groups is 1. The number of ether oxygens (including phenoxy) is 1. The van der Waals surface area contributed by atoms with E-state index in [9.17, 15) is 27.5 Å². The third-order valence-electron chi connectivity index (χ3n) is 3.30. The minimum absolute atomic E-state index is 0.150. The number of hydrogen-bond donors (Lipinski definition) is 2. The van der Waals surface area contributed by atoms with Gasteiger partial charge in [0.1, 0.15) is 24.3 Å². The van der Waals surface area contributed by atoms with Crippen molar-refractivity contribution in [1.82, 2.24) is 5.32 Å². The molecule has 9 heteroatoms. The van der Waals surface area contributed by atoms with E-state index in [1.807, 2.05) is 0 Å². The van der Waals surface area contributed by atoms with Crippen molar-refractivity contribution in [3.8, 4) is 5.75 Å². The summed E-state index contributed by atoms with van der Waals surface area (Å²) in [5.74, 6) is -0.867. The Balaban J connectivity index is 1.81. The molecule has 0 aliphatic carbocycles. The smallest absolute Gasteiger partial charge is 0.416 e. The Morgan fingerprint density at radius 1 is 1.19 bits per heavy atom. The van der Waals surface area contributed by atoms with E-state index in [1.54, 1.807) is 0 Å². The first-order valence-electron chi connectivity index (χ1n) is 7.38. The molecule has 0 saturated heterocycles. The van der Waals surface area contributed by atoms with Crippen LogP contribution in [0, 0.1) is 5.82 Å². The highest BCUT2D eigenvalue weighted by Gasteiger charge is 2.30. The standard InChI is InChI=1S/C17H14BrF4NO3/c18-15-7-11(19)3-6-14(15)16(25)23-8-12(24)9-26-13-4-1-10(2-5-13)17(20,21)22/h1-7,12,24H,8-9H2,(H,23,25). The molecule has 0 aliphatic rings. The van der Waals surface area contributed by atoms with Crippen molar-refractivity contribution >= 4 is 21.8 Å². The first-order valence-corrected chi connectivity index (χ1v) is 8.17. The van der Waals surface area contributed by atoms with E-state index in [0.717, 1.165) is 36.4 Å². The van der Waals surface area contributed by atoms with E-state index in [-0.39, 0.29) is 28.9 Å². The number of halogens is 5. The fourth-order valence-electron chi connectivity index (χ4n) is 1.97. The van der Waals surface area contributed by atoms with Gasteiger partial charge in [-0.1, -0.05) is 0 Å². The van der Waals surface area contributed by atoms with Crippen LogP contribution in [-0.2, 0) is 6.18 Å². The third-order valence-corrected chi connectivity index (χ3v) is 3.95. The van der Waals surface area contributed by atoms with Crippen molar-refractivity contribution in [2.45, 2.75) is 12.3 Å². The van der Waals surface area contributed by atoms with Crippen molar-refractivity contribution in [3.05, 3.63) is 63.9 Å². The average molecular weight is 436 g/mol. The summed E-state index contributed by atoms with van der Waals surface area (Å²) < 4.78 is 55.8.